The fraction of sp³-hybridized carbons (Fsp3) is 0.250. The number of benzene rings is 2. The van der Waals surface area contributed by atoms with Crippen LogP contribution in [0.2, 0.25) is 0 Å². The molecule has 0 spiro atoms. The molecule has 0 bridgehead atoms. The maximum atomic E-state index is 11.8. The molecular formula is C20H22N2O5. The highest BCUT2D eigenvalue weighted by molar-refractivity contribution is 5.89. The zero-order chi connectivity index (χ0) is 19.5. The number of rotatable bonds is 9. The monoisotopic (exact) mass is 370 g/mol. The third-order valence-electron chi connectivity index (χ3n) is 3.39. The number of esters is 1. The molecule has 7 heteroatoms. The van der Waals surface area contributed by atoms with Crippen LogP contribution in [0.5, 0.6) is 11.5 Å². The summed E-state index contributed by atoms with van der Waals surface area (Å²) in [5.41, 5.74) is 3.61. The van der Waals surface area contributed by atoms with Crippen molar-refractivity contribution in [2.45, 2.75) is 13.3 Å². The lowest BCUT2D eigenvalue weighted by Gasteiger charge is -2.06. The van der Waals surface area contributed by atoms with Crippen molar-refractivity contribution in [1.82, 2.24) is 5.43 Å². The molecule has 0 unspecified atom stereocenters. The van der Waals surface area contributed by atoms with E-state index < -0.39 is 5.91 Å². The summed E-state index contributed by atoms with van der Waals surface area (Å²) in [7, 11) is 1.58. The van der Waals surface area contributed by atoms with Gasteiger partial charge in [-0.3, -0.25) is 4.79 Å². The third kappa shape index (κ3) is 6.81. The normalized spacial score (nSPS) is 10.4. The summed E-state index contributed by atoms with van der Waals surface area (Å²) in [5.74, 6) is 0.387. The first-order valence-corrected chi connectivity index (χ1v) is 8.48. The van der Waals surface area contributed by atoms with E-state index in [0.717, 1.165) is 12.0 Å². The van der Waals surface area contributed by atoms with E-state index in [1.165, 1.54) is 6.21 Å². The van der Waals surface area contributed by atoms with Crippen LogP contribution in [0.15, 0.2) is 53.6 Å². The van der Waals surface area contributed by atoms with Gasteiger partial charge in [0.2, 0.25) is 0 Å². The number of hydrogen-bond acceptors (Lipinski definition) is 6. The van der Waals surface area contributed by atoms with Crippen molar-refractivity contribution in [1.29, 1.82) is 0 Å². The van der Waals surface area contributed by atoms with Gasteiger partial charge < -0.3 is 14.2 Å². The van der Waals surface area contributed by atoms with Crippen molar-refractivity contribution in [2.75, 3.05) is 20.3 Å². The summed E-state index contributed by atoms with van der Waals surface area (Å²) in [6.07, 6.45) is 2.28. The number of carbonyl (C=O) groups excluding carboxylic acids is 2. The predicted molar refractivity (Wildman–Crippen MR) is 101 cm³/mol. The average molecular weight is 370 g/mol. The molecule has 0 aliphatic rings. The molecule has 1 N–H and O–H groups in total. The highest BCUT2D eigenvalue weighted by atomic mass is 16.5. The van der Waals surface area contributed by atoms with Crippen LogP contribution in [-0.4, -0.2) is 38.4 Å². The third-order valence-corrected chi connectivity index (χ3v) is 3.39. The van der Waals surface area contributed by atoms with E-state index in [4.69, 9.17) is 14.2 Å². The van der Waals surface area contributed by atoms with Gasteiger partial charge in [0.15, 0.2) is 6.61 Å². The number of ether oxygens (including phenoxy) is 3. The van der Waals surface area contributed by atoms with Crippen LogP contribution in [0, 0.1) is 0 Å². The minimum Gasteiger partial charge on any atom is -0.497 e. The molecule has 0 aromatic heterocycles. The highest BCUT2D eigenvalue weighted by Gasteiger charge is 2.07. The van der Waals surface area contributed by atoms with E-state index in [1.807, 2.05) is 25.1 Å². The predicted octanol–water partition coefficient (Wildman–Crippen LogP) is 2.79. The second kappa shape index (κ2) is 10.6. The van der Waals surface area contributed by atoms with Gasteiger partial charge in [0.25, 0.3) is 5.91 Å². The van der Waals surface area contributed by atoms with Crippen molar-refractivity contribution in [2.24, 2.45) is 5.10 Å². The van der Waals surface area contributed by atoms with E-state index >= 15 is 0 Å². The maximum absolute atomic E-state index is 11.8. The molecule has 1 amide bonds. The van der Waals surface area contributed by atoms with Crippen LogP contribution in [0.25, 0.3) is 0 Å². The standard InChI is InChI=1S/C20H22N2O5/c1-3-11-26-20(24)16-7-9-17(10-8-16)27-14-19(23)22-21-13-15-5-4-6-18(12-15)25-2/h4-10,12-13H,3,11,14H2,1-2H3,(H,22,23)/b21-13+. The van der Waals surface area contributed by atoms with Gasteiger partial charge in [-0.1, -0.05) is 19.1 Å². The Balaban J connectivity index is 1.78. The van der Waals surface area contributed by atoms with Gasteiger partial charge in [-0.15, -0.1) is 0 Å². The molecule has 7 nitrogen and oxygen atoms in total. The summed E-state index contributed by atoms with van der Waals surface area (Å²) in [6.45, 7) is 2.11. The van der Waals surface area contributed by atoms with Gasteiger partial charge in [0, 0.05) is 0 Å². The van der Waals surface area contributed by atoms with Gasteiger partial charge in [0.1, 0.15) is 11.5 Å². The Kier molecular flexibility index (Phi) is 7.84. The van der Waals surface area contributed by atoms with Crippen molar-refractivity contribution in [3.63, 3.8) is 0 Å². The Labute approximate surface area is 157 Å². The fourth-order valence-corrected chi connectivity index (χ4v) is 2.05. The lowest BCUT2D eigenvalue weighted by molar-refractivity contribution is -0.123. The van der Waals surface area contributed by atoms with Crippen molar-refractivity contribution in [3.05, 3.63) is 59.7 Å². The van der Waals surface area contributed by atoms with E-state index in [0.29, 0.717) is 23.7 Å². The second-order valence-electron chi connectivity index (χ2n) is 5.52. The highest BCUT2D eigenvalue weighted by Crippen LogP contribution is 2.13. The van der Waals surface area contributed by atoms with Gasteiger partial charge >= 0.3 is 5.97 Å². The van der Waals surface area contributed by atoms with E-state index in [1.54, 1.807) is 37.4 Å². The number of amides is 1. The largest absolute Gasteiger partial charge is 0.497 e. The van der Waals surface area contributed by atoms with Crippen LogP contribution in [0.4, 0.5) is 0 Å². The van der Waals surface area contributed by atoms with Crippen LogP contribution in [-0.2, 0) is 9.53 Å². The van der Waals surface area contributed by atoms with E-state index in [9.17, 15) is 9.59 Å². The Morgan fingerprint density at radius 3 is 2.59 bits per heavy atom. The Bertz CT molecular complexity index is 787. The molecule has 142 valence electrons. The first-order valence-electron chi connectivity index (χ1n) is 8.48. The van der Waals surface area contributed by atoms with Crippen LogP contribution < -0.4 is 14.9 Å². The number of hydrazone groups is 1. The molecule has 0 aliphatic heterocycles. The maximum Gasteiger partial charge on any atom is 0.338 e. The van der Waals surface area contributed by atoms with Gasteiger partial charge in [-0.05, 0) is 48.4 Å². The molecule has 0 aliphatic carbocycles. The van der Waals surface area contributed by atoms with Crippen molar-refractivity contribution >= 4 is 18.1 Å². The molecule has 2 rings (SSSR count). The first kappa shape index (κ1) is 20.0. The smallest absolute Gasteiger partial charge is 0.338 e. The average Bonchev–Trinajstić information content (AvgIpc) is 2.71. The minimum absolute atomic E-state index is 0.199. The number of hydrogen-bond donors (Lipinski definition) is 1. The first-order chi connectivity index (χ1) is 13.1. The summed E-state index contributed by atoms with van der Waals surface area (Å²) >= 11 is 0. The van der Waals surface area contributed by atoms with Crippen molar-refractivity contribution < 1.29 is 23.8 Å². The van der Waals surface area contributed by atoms with Gasteiger partial charge in [-0.2, -0.15) is 5.10 Å². The lowest BCUT2D eigenvalue weighted by Crippen LogP contribution is -2.24. The zero-order valence-corrected chi connectivity index (χ0v) is 15.3. The topological polar surface area (TPSA) is 86.2 Å². The van der Waals surface area contributed by atoms with Crippen LogP contribution in [0.1, 0.15) is 29.3 Å². The molecule has 0 atom stereocenters. The molecule has 0 fully saturated rings. The number of nitrogens with one attached hydrogen (secondary N) is 1. The van der Waals surface area contributed by atoms with Gasteiger partial charge in [0.05, 0.1) is 25.5 Å². The summed E-state index contributed by atoms with van der Waals surface area (Å²) in [4.78, 5) is 23.5. The van der Waals surface area contributed by atoms with Crippen LogP contribution in [0.3, 0.4) is 0 Å². The second-order valence-corrected chi connectivity index (χ2v) is 5.52. The molecule has 2 aromatic carbocycles. The molecule has 0 saturated heterocycles. The van der Waals surface area contributed by atoms with Crippen molar-refractivity contribution in [3.8, 4) is 11.5 Å². The number of nitrogens with zero attached hydrogens (tertiary/aromatic N) is 1. The lowest BCUT2D eigenvalue weighted by atomic mass is 10.2. The summed E-state index contributed by atoms with van der Waals surface area (Å²) < 4.78 is 15.5. The molecule has 0 radical (unpaired) electrons. The molecular weight excluding hydrogens is 348 g/mol. The molecule has 27 heavy (non-hydrogen) atoms. The molecule has 2 aromatic rings. The summed E-state index contributed by atoms with van der Waals surface area (Å²) in [5, 5.41) is 3.87. The SMILES string of the molecule is CCCOC(=O)c1ccc(OCC(=O)N/N=C/c2cccc(OC)c2)cc1. The van der Waals surface area contributed by atoms with E-state index in [-0.39, 0.29) is 12.6 Å². The summed E-state index contributed by atoms with van der Waals surface area (Å²) in [6, 6.07) is 13.7. The Morgan fingerprint density at radius 1 is 1.11 bits per heavy atom. The fourth-order valence-electron chi connectivity index (χ4n) is 2.05. The van der Waals surface area contributed by atoms with Crippen LogP contribution >= 0.6 is 0 Å². The van der Waals surface area contributed by atoms with E-state index in [2.05, 4.69) is 10.5 Å². The van der Waals surface area contributed by atoms with Gasteiger partial charge in [-0.25, -0.2) is 10.2 Å². The number of carbonyl (C=O) groups is 2. The Hall–Kier alpha value is -3.35. The minimum atomic E-state index is -0.402. The zero-order valence-electron chi connectivity index (χ0n) is 15.3. The Morgan fingerprint density at radius 2 is 1.89 bits per heavy atom. The molecule has 0 heterocycles. The molecule has 0 saturated carbocycles. The quantitative estimate of drug-likeness (QED) is 0.417. The number of methoxy groups -OCH3 is 1.